The summed E-state index contributed by atoms with van der Waals surface area (Å²) in [5.74, 6) is 0.714. The van der Waals surface area contributed by atoms with Gasteiger partial charge in [0.1, 0.15) is 0 Å². The summed E-state index contributed by atoms with van der Waals surface area (Å²) in [5, 5.41) is 3.52. The number of nitrogens with one attached hydrogen (secondary N) is 1. The fourth-order valence-corrected chi connectivity index (χ4v) is 2.90. The maximum atomic E-state index is 3.52. The first-order valence-corrected chi connectivity index (χ1v) is 7.24. The smallest absolute Gasteiger partial charge is 0.0247 e. The molecule has 1 saturated heterocycles. The van der Waals surface area contributed by atoms with Crippen molar-refractivity contribution in [2.24, 2.45) is 5.92 Å². The highest BCUT2D eigenvalue weighted by atomic mass is 15.2. The van der Waals surface area contributed by atoms with Crippen LogP contribution < -0.4 is 5.32 Å². The van der Waals surface area contributed by atoms with Gasteiger partial charge in [-0.15, -0.1) is 0 Å². The lowest BCUT2D eigenvalue weighted by Gasteiger charge is -2.39. The van der Waals surface area contributed by atoms with Gasteiger partial charge in [-0.25, -0.2) is 0 Å². The van der Waals surface area contributed by atoms with E-state index >= 15 is 0 Å². The van der Waals surface area contributed by atoms with E-state index in [1.165, 1.54) is 17.7 Å². The first kappa shape index (κ1) is 13.6. The van der Waals surface area contributed by atoms with Gasteiger partial charge in [-0.3, -0.25) is 4.90 Å². The average molecular weight is 246 g/mol. The Bertz CT molecular complexity index is 373. The van der Waals surface area contributed by atoms with Gasteiger partial charge in [0.05, 0.1) is 0 Å². The van der Waals surface area contributed by atoms with Gasteiger partial charge in [0.2, 0.25) is 0 Å². The highest BCUT2D eigenvalue weighted by Gasteiger charge is 2.24. The lowest BCUT2D eigenvalue weighted by atomic mass is 9.98. The summed E-state index contributed by atoms with van der Waals surface area (Å²) < 4.78 is 0. The molecule has 18 heavy (non-hydrogen) atoms. The number of nitrogens with zero attached hydrogens (tertiary/aromatic N) is 1. The Balaban J connectivity index is 2.11. The van der Waals surface area contributed by atoms with Crippen LogP contribution in [-0.4, -0.2) is 30.6 Å². The van der Waals surface area contributed by atoms with Crippen LogP contribution in [0.2, 0.25) is 0 Å². The normalized spacial score (nSPS) is 21.4. The van der Waals surface area contributed by atoms with E-state index < -0.39 is 0 Å². The van der Waals surface area contributed by atoms with Crippen LogP contribution in [-0.2, 0) is 13.0 Å². The predicted octanol–water partition coefficient (Wildman–Crippen LogP) is 2.68. The second kappa shape index (κ2) is 6.35. The molecule has 2 nitrogen and oxygen atoms in total. The van der Waals surface area contributed by atoms with Crippen LogP contribution in [0.4, 0.5) is 0 Å². The minimum absolute atomic E-state index is 0.670. The van der Waals surface area contributed by atoms with Gasteiger partial charge in [-0.2, -0.15) is 0 Å². The molecule has 0 aliphatic carbocycles. The topological polar surface area (TPSA) is 15.3 Å². The van der Waals surface area contributed by atoms with Crippen molar-refractivity contribution in [1.82, 2.24) is 10.2 Å². The molecular weight excluding hydrogens is 220 g/mol. The quantitative estimate of drug-likeness (QED) is 0.878. The van der Waals surface area contributed by atoms with Gasteiger partial charge in [0, 0.05) is 32.2 Å². The highest BCUT2D eigenvalue weighted by molar-refractivity contribution is 5.27. The van der Waals surface area contributed by atoms with E-state index in [0.717, 1.165) is 26.1 Å². The fraction of sp³-hybridized carbons (Fsp3) is 0.625. The summed E-state index contributed by atoms with van der Waals surface area (Å²) in [6.07, 6.45) is 1.13. The van der Waals surface area contributed by atoms with Crippen LogP contribution in [0, 0.1) is 5.92 Å². The third-order valence-electron chi connectivity index (χ3n) is 4.04. The molecule has 1 unspecified atom stereocenters. The molecule has 1 aromatic carbocycles. The monoisotopic (exact) mass is 246 g/mol. The second-order valence-corrected chi connectivity index (χ2v) is 5.61. The Morgan fingerprint density at radius 2 is 2.00 bits per heavy atom. The maximum absolute atomic E-state index is 3.52. The summed E-state index contributed by atoms with van der Waals surface area (Å²) in [7, 11) is 0. The van der Waals surface area contributed by atoms with E-state index in [1.54, 1.807) is 0 Å². The van der Waals surface area contributed by atoms with E-state index in [9.17, 15) is 0 Å². The van der Waals surface area contributed by atoms with Gasteiger partial charge in [-0.05, 0) is 23.5 Å². The second-order valence-electron chi connectivity index (χ2n) is 5.61. The van der Waals surface area contributed by atoms with Crippen LogP contribution in [0.5, 0.6) is 0 Å². The minimum Gasteiger partial charge on any atom is -0.314 e. The van der Waals surface area contributed by atoms with Gasteiger partial charge >= 0.3 is 0 Å². The van der Waals surface area contributed by atoms with Crippen molar-refractivity contribution in [1.29, 1.82) is 0 Å². The highest BCUT2D eigenvalue weighted by Crippen LogP contribution is 2.18. The maximum Gasteiger partial charge on any atom is 0.0247 e. The zero-order chi connectivity index (χ0) is 13.0. The zero-order valence-electron chi connectivity index (χ0n) is 11.9. The molecule has 0 radical (unpaired) electrons. The van der Waals surface area contributed by atoms with Gasteiger partial charge in [-0.1, -0.05) is 45.0 Å². The van der Waals surface area contributed by atoms with Crippen molar-refractivity contribution < 1.29 is 0 Å². The van der Waals surface area contributed by atoms with Gasteiger partial charge in [0.25, 0.3) is 0 Å². The summed E-state index contributed by atoms with van der Waals surface area (Å²) >= 11 is 0. The fourth-order valence-electron chi connectivity index (χ4n) is 2.90. The van der Waals surface area contributed by atoms with Crippen LogP contribution in [0.15, 0.2) is 24.3 Å². The molecule has 1 aliphatic heterocycles. The van der Waals surface area contributed by atoms with E-state index in [2.05, 4.69) is 55.3 Å². The Hall–Kier alpha value is -0.860. The zero-order valence-corrected chi connectivity index (χ0v) is 11.9. The molecule has 2 heteroatoms. The number of hydrogen-bond acceptors (Lipinski definition) is 2. The van der Waals surface area contributed by atoms with Crippen LogP contribution in [0.25, 0.3) is 0 Å². The molecule has 0 saturated carbocycles. The van der Waals surface area contributed by atoms with E-state index in [1.807, 2.05) is 0 Å². The molecule has 0 spiro atoms. The molecule has 0 bridgehead atoms. The Labute approximate surface area is 111 Å². The lowest BCUT2D eigenvalue weighted by molar-refractivity contribution is 0.117. The lowest BCUT2D eigenvalue weighted by Crippen LogP contribution is -2.53. The van der Waals surface area contributed by atoms with E-state index in [-0.39, 0.29) is 0 Å². The number of benzene rings is 1. The SMILES string of the molecule is CCc1ccccc1CN1CCNCC1C(C)C. The van der Waals surface area contributed by atoms with Crippen LogP contribution in [0.1, 0.15) is 31.9 Å². The largest absolute Gasteiger partial charge is 0.314 e. The molecule has 0 aromatic heterocycles. The van der Waals surface area contributed by atoms with E-state index in [0.29, 0.717) is 12.0 Å². The number of hydrogen-bond donors (Lipinski definition) is 1. The molecule has 1 heterocycles. The van der Waals surface area contributed by atoms with Crippen molar-refractivity contribution in [3.63, 3.8) is 0 Å². The molecule has 100 valence electrons. The predicted molar refractivity (Wildman–Crippen MR) is 77.7 cm³/mol. The molecule has 1 atom stereocenters. The molecule has 0 amide bonds. The van der Waals surface area contributed by atoms with Gasteiger partial charge in [0.15, 0.2) is 0 Å². The number of piperazine rings is 1. The Morgan fingerprint density at radius 1 is 1.28 bits per heavy atom. The first-order chi connectivity index (χ1) is 8.72. The van der Waals surface area contributed by atoms with Gasteiger partial charge < -0.3 is 5.32 Å². The van der Waals surface area contributed by atoms with Crippen molar-refractivity contribution in [3.8, 4) is 0 Å². The summed E-state index contributed by atoms with van der Waals surface area (Å²) in [6, 6.07) is 9.55. The molecule has 1 fully saturated rings. The third-order valence-corrected chi connectivity index (χ3v) is 4.04. The van der Waals surface area contributed by atoms with E-state index in [4.69, 9.17) is 0 Å². The van der Waals surface area contributed by atoms with Crippen molar-refractivity contribution in [2.75, 3.05) is 19.6 Å². The van der Waals surface area contributed by atoms with Crippen molar-refractivity contribution in [3.05, 3.63) is 35.4 Å². The minimum atomic E-state index is 0.670. The Morgan fingerprint density at radius 3 is 2.67 bits per heavy atom. The average Bonchev–Trinajstić information content (AvgIpc) is 2.40. The third kappa shape index (κ3) is 3.12. The standard InChI is InChI=1S/C16H26N2/c1-4-14-7-5-6-8-15(14)12-18-10-9-17-11-16(18)13(2)3/h5-8,13,16-17H,4,9-12H2,1-3H3. The summed E-state index contributed by atoms with van der Waals surface area (Å²) in [5.41, 5.74) is 3.01. The molecular formula is C16H26N2. The van der Waals surface area contributed by atoms with Crippen molar-refractivity contribution in [2.45, 2.75) is 39.8 Å². The number of rotatable bonds is 4. The first-order valence-electron chi connectivity index (χ1n) is 7.24. The molecule has 1 aliphatic rings. The molecule has 1 N–H and O–H groups in total. The summed E-state index contributed by atoms with van der Waals surface area (Å²) in [4.78, 5) is 2.65. The Kier molecular flexibility index (Phi) is 4.79. The summed E-state index contributed by atoms with van der Waals surface area (Å²) in [6.45, 7) is 11.4. The van der Waals surface area contributed by atoms with Crippen LogP contribution >= 0.6 is 0 Å². The van der Waals surface area contributed by atoms with Crippen LogP contribution in [0.3, 0.4) is 0 Å². The molecule has 1 aromatic rings. The number of aryl methyl sites for hydroxylation is 1. The van der Waals surface area contributed by atoms with Crippen molar-refractivity contribution >= 4 is 0 Å². The molecule has 2 rings (SSSR count).